The van der Waals surface area contributed by atoms with Gasteiger partial charge in [0.05, 0.1) is 22.0 Å². The number of nitro groups is 1. The third-order valence-electron chi connectivity index (χ3n) is 2.27. The topological polar surface area (TPSA) is 76.0 Å². The maximum absolute atomic E-state index is 10.7. The smallest absolute Gasteiger partial charge is 0.294 e. The number of hydrogen-bond acceptors (Lipinski definition) is 3. The van der Waals surface area contributed by atoms with Gasteiger partial charge >= 0.3 is 0 Å². The summed E-state index contributed by atoms with van der Waals surface area (Å²) in [5.41, 5.74) is 1.37. The monoisotopic (exact) mass is 204 g/mol. The maximum Gasteiger partial charge on any atom is 0.294 e. The van der Waals surface area contributed by atoms with Crippen LogP contribution >= 0.6 is 0 Å². The Hall–Kier alpha value is -2.17. The van der Waals surface area contributed by atoms with Gasteiger partial charge in [0, 0.05) is 6.42 Å². The van der Waals surface area contributed by atoms with Crippen molar-refractivity contribution in [3.63, 3.8) is 0 Å². The molecule has 2 aromatic rings. The lowest BCUT2D eigenvalue weighted by Crippen LogP contribution is -1.90. The van der Waals surface area contributed by atoms with E-state index in [2.05, 4.69) is 4.98 Å². The number of carbonyl (C=O) groups excluding carboxylic acids is 1. The number of nitrogens with one attached hydrogen (secondary N) is 1. The highest BCUT2D eigenvalue weighted by Gasteiger charge is 2.16. The normalized spacial score (nSPS) is 10.4. The van der Waals surface area contributed by atoms with Gasteiger partial charge in [0.1, 0.15) is 6.29 Å². The van der Waals surface area contributed by atoms with Gasteiger partial charge in [0.15, 0.2) is 0 Å². The van der Waals surface area contributed by atoms with E-state index in [4.69, 9.17) is 0 Å². The number of hydrogen-bond donors (Lipinski definition) is 1. The van der Waals surface area contributed by atoms with Crippen LogP contribution in [-0.4, -0.2) is 16.2 Å². The van der Waals surface area contributed by atoms with Gasteiger partial charge in [0.2, 0.25) is 0 Å². The number of aromatic nitrogens is 1. The lowest BCUT2D eigenvalue weighted by Gasteiger charge is -1.97. The first-order valence-corrected chi connectivity index (χ1v) is 4.41. The van der Waals surface area contributed by atoms with E-state index in [0.717, 1.165) is 6.29 Å². The van der Waals surface area contributed by atoms with Gasteiger partial charge in [-0.2, -0.15) is 0 Å². The third-order valence-corrected chi connectivity index (χ3v) is 2.27. The molecule has 1 heterocycles. The predicted molar refractivity (Wildman–Crippen MR) is 54.7 cm³/mol. The molecular weight excluding hydrogens is 196 g/mol. The van der Waals surface area contributed by atoms with Gasteiger partial charge in [0.25, 0.3) is 5.69 Å². The van der Waals surface area contributed by atoms with Gasteiger partial charge in [-0.3, -0.25) is 10.1 Å². The third kappa shape index (κ3) is 1.48. The largest absolute Gasteiger partial charge is 0.355 e. The van der Waals surface area contributed by atoms with Gasteiger partial charge in [-0.05, 0) is 11.6 Å². The molecular formula is C10H8N2O3. The summed E-state index contributed by atoms with van der Waals surface area (Å²) in [6, 6.07) is 5.23. The Balaban J connectivity index is 2.74. The summed E-state index contributed by atoms with van der Waals surface area (Å²) in [7, 11) is 0. The van der Waals surface area contributed by atoms with Crippen LogP contribution in [-0.2, 0) is 11.2 Å². The van der Waals surface area contributed by atoms with Crippen LogP contribution in [0.3, 0.4) is 0 Å². The number of rotatable bonds is 3. The zero-order chi connectivity index (χ0) is 10.8. The van der Waals surface area contributed by atoms with Gasteiger partial charge in [-0.1, -0.05) is 12.1 Å². The van der Waals surface area contributed by atoms with Crippen LogP contribution in [0.2, 0.25) is 0 Å². The average Bonchev–Trinajstić information content (AvgIpc) is 2.62. The molecule has 0 radical (unpaired) electrons. The molecule has 1 N–H and O–H groups in total. The first-order chi connectivity index (χ1) is 7.24. The lowest BCUT2D eigenvalue weighted by atomic mass is 10.1. The van der Waals surface area contributed by atoms with Gasteiger partial charge in [-0.15, -0.1) is 0 Å². The molecule has 1 aromatic carbocycles. The van der Waals surface area contributed by atoms with Crippen LogP contribution in [0.15, 0.2) is 24.4 Å². The average molecular weight is 204 g/mol. The van der Waals surface area contributed by atoms with E-state index in [1.807, 2.05) is 0 Å². The molecule has 1 aromatic heterocycles. The van der Waals surface area contributed by atoms with E-state index in [1.165, 1.54) is 6.20 Å². The number of aldehydes is 1. The summed E-state index contributed by atoms with van der Waals surface area (Å²) in [4.78, 5) is 23.5. The molecule has 0 fully saturated rings. The van der Waals surface area contributed by atoms with E-state index in [1.54, 1.807) is 18.2 Å². The molecule has 0 bridgehead atoms. The Morgan fingerprint density at radius 3 is 2.93 bits per heavy atom. The molecule has 0 atom stereocenters. The molecule has 0 saturated heterocycles. The number of fused-ring (bicyclic) bond motifs is 1. The van der Waals surface area contributed by atoms with E-state index in [9.17, 15) is 14.9 Å². The Morgan fingerprint density at radius 2 is 2.27 bits per heavy atom. The lowest BCUT2D eigenvalue weighted by molar-refractivity contribution is -0.383. The minimum Gasteiger partial charge on any atom is -0.355 e. The van der Waals surface area contributed by atoms with E-state index >= 15 is 0 Å². The van der Waals surface area contributed by atoms with Crippen LogP contribution in [0.25, 0.3) is 10.9 Å². The molecule has 0 amide bonds. The standard InChI is InChI=1S/C10H8N2O3/c13-5-4-7-2-1-3-8-10(7)9(6-11-8)12(14)15/h1-3,5-6,11H,4H2. The second-order valence-electron chi connectivity index (χ2n) is 3.14. The number of aromatic amines is 1. The van der Waals surface area contributed by atoms with Crippen molar-refractivity contribution in [2.45, 2.75) is 6.42 Å². The Kier molecular flexibility index (Phi) is 2.21. The first kappa shape index (κ1) is 9.39. The molecule has 5 nitrogen and oxygen atoms in total. The van der Waals surface area contributed by atoms with Crippen LogP contribution in [0.5, 0.6) is 0 Å². The molecule has 0 aliphatic carbocycles. The molecule has 15 heavy (non-hydrogen) atoms. The molecule has 0 spiro atoms. The van der Waals surface area contributed by atoms with Crippen molar-refractivity contribution >= 4 is 22.9 Å². The van der Waals surface area contributed by atoms with Crippen molar-refractivity contribution in [2.24, 2.45) is 0 Å². The second kappa shape index (κ2) is 3.53. The van der Waals surface area contributed by atoms with Crippen molar-refractivity contribution in [3.05, 3.63) is 40.1 Å². The van der Waals surface area contributed by atoms with E-state index in [-0.39, 0.29) is 12.1 Å². The fourth-order valence-corrected chi connectivity index (χ4v) is 1.65. The Morgan fingerprint density at radius 1 is 1.47 bits per heavy atom. The molecule has 0 saturated carbocycles. The predicted octanol–water partition coefficient (Wildman–Crippen LogP) is 1.82. The Labute approximate surface area is 84.9 Å². The molecule has 5 heteroatoms. The van der Waals surface area contributed by atoms with Gasteiger partial charge in [-0.25, -0.2) is 0 Å². The number of H-pyrrole nitrogens is 1. The minimum absolute atomic E-state index is 0.0162. The van der Waals surface area contributed by atoms with E-state index in [0.29, 0.717) is 16.5 Å². The highest BCUT2D eigenvalue weighted by molar-refractivity contribution is 5.93. The minimum atomic E-state index is -0.451. The Bertz CT molecular complexity index is 530. The van der Waals surface area contributed by atoms with Crippen LogP contribution in [0.4, 0.5) is 5.69 Å². The number of nitrogens with zero attached hydrogens (tertiary/aromatic N) is 1. The molecule has 76 valence electrons. The summed E-state index contributed by atoms with van der Waals surface area (Å²) >= 11 is 0. The zero-order valence-corrected chi connectivity index (χ0v) is 7.77. The van der Waals surface area contributed by atoms with E-state index < -0.39 is 4.92 Å². The molecule has 2 rings (SSSR count). The highest BCUT2D eigenvalue weighted by Crippen LogP contribution is 2.28. The molecule has 0 aliphatic heterocycles. The first-order valence-electron chi connectivity index (χ1n) is 4.41. The van der Waals surface area contributed by atoms with Crippen LogP contribution in [0.1, 0.15) is 5.56 Å². The van der Waals surface area contributed by atoms with Crippen molar-refractivity contribution in [2.75, 3.05) is 0 Å². The summed E-state index contributed by atoms with van der Waals surface area (Å²) in [5.74, 6) is 0. The molecule has 0 aliphatic rings. The number of benzene rings is 1. The van der Waals surface area contributed by atoms with Crippen molar-refractivity contribution < 1.29 is 9.72 Å². The van der Waals surface area contributed by atoms with Crippen LogP contribution < -0.4 is 0 Å². The highest BCUT2D eigenvalue weighted by atomic mass is 16.6. The summed E-state index contributed by atoms with van der Waals surface area (Å²) < 4.78 is 0. The fraction of sp³-hybridized carbons (Fsp3) is 0.100. The quantitative estimate of drug-likeness (QED) is 0.470. The number of carbonyl (C=O) groups is 1. The van der Waals surface area contributed by atoms with Crippen molar-refractivity contribution in [1.82, 2.24) is 4.98 Å². The molecule has 0 unspecified atom stereocenters. The summed E-state index contributed by atoms with van der Waals surface area (Å²) in [6.07, 6.45) is 2.28. The summed E-state index contributed by atoms with van der Waals surface area (Å²) in [6.45, 7) is 0. The summed E-state index contributed by atoms with van der Waals surface area (Å²) in [5, 5.41) is 11.3. The zero-order valence-electron chi connectivity index (χ0n) is 7.77. The maximum atomic E-state index is 10.7. The van der Waals surface area contributed by atoms with Crippen molar-refractivity contribution in [3.8, 4) is 0 Å². The second-order valence-corrected chi connectivity index (χ2v) is 3.14. The SMILES string of the molecule is O=CCc1cccc2[nH]cc([N+](=O)[O-])c12. The van der Waals surface area contributed by atoms with Crippen molar-refractivity contribution in [1.29, 1.82) is 0 Å². The van der Waals surface area contributed by atoms with Crippen LogP contribution in [0, 0.1) is 10.1 Å². The fourth-order valence-electron chi connectivity index (χ4n) is 1.65. The van der Waals surface area contributed by atoms with Gasteiger partial charge < -0.3 is 9.78 Å².